The lowest BCUT2D eigenvalue weighted by Crippen LogP contribution is -2.30. The lowest BCUT2D eigenvalue weighted by Gasteiger charge is -2.23. The Morgan fingerprint density at radius 1 is 1.32 bits per heavy atom. The molecule has 0 aliphatic rings. The molecule has 0 aliphatic carbocycles. The first-order valence-electron chi connectivity index (χ1n) is 6.74. The van der Waals surface area contributed by atoms with Gasteiger partial charge in [-0.15, -0.1) is 11.6 Å². The van der Waals surface area contributed by atoms with E-state index in [9.17, 15) is 4.79 Å². The van der Waals surface area contributed by atoms with Gasteiger partial charge in [-0.2, -0.15) is 0 Å². The zero-order valence-corrected chi connectivity index (χ0v) is 12.5. The van der Waals surface area contributed by atoms with E-state index in [0.29, 0.717) is 12.3 Å². The monoisotopic (exact) mass is 282 g/mol. The Balaban J connectivity index is 2.71. The lowest BCUT2D eigenvalue weighted by molar-refractivity contribution is -0.118. The molecule has 0 amide bonds. The highest BCUT2D eigenvalue weighted by Crippen LogP contribution is 2.16. The standard InChI is InChI=1S/C15H23ClN2O/c1-3-9-18(10-8-16)14-6-4-13(5-7-14)11-15(17)12(2)19/h4-7,15H,3,8-11,17H2,1-2H3/t15-/m0/s1. The molecular formula is C15H23ClN2O. The number of Topliss-reactive ketones (excluding diaryl/α,β-unsaturated/α-hetero) is 1. The van der Waals surface area contributed by atoms with Crippen molar-refractivity contribution in [3.63, 3.8) is 0 Å². The fraction of sp³-hybridized carbons (Fsp3) is 0.533. The van der Waals surface area contributed by atoms with Gasteiger partial charge in [0.15, 0.2) is 0 Å². The van der Waals surface area contributed by atoms with Crippen molar-refractivity contribution in [3.8, 4) is 0 Å². The largest absolute Gasteiger partial charge is 0.370 e. The van der Waals surface area contributed by atoms with Crippen LogP contribution in [0.15, 0.2) is 24.3 Å². The third kappa shape index (κ3) is 5.21. The number of nitrogens with two attached hydrogens (primary N) is 1. The minimum absolute atomic E-state index is 0.0267. The number of halogens is 1. The Morgan fingerprint density at radius 3 is 2.42 bits per heavy atom. The van der Waals surface area contributed by atoms with Crippen molar-refractivity contribution in [3.05, 3.63) is 29.8 Å². The van der Waals surface area contributed by atoms with E-state index in [2.05, 4.69) is 24.0 Å². The SMILES string of the molecule is CCCN(CCCl)c1ccc(C[C@H](N)C(C)=O)cc1. The molecule has 0 saturated carbocycles. The molecule has 2 N–H and O–H groups in total. The van der Waals surface area contributed by atoms with Crippen LogP contribution < -0.4 is 10.6 Å². The molecule has 0 spiro atoms. The number of hydrogen-bond acceptors (Lipinski definition) is 3. The van der Waals surface area contributed by atoms with Gasteiger partial charge in [0.1, 0.15) is 5.78 Å². The smallest absolute Gasteiger partial charge is 0.146 e. The van der Waals surface area contributed by atoms with Crippen LogP contribution in [0.3, 0.4) is 0 Å². The van der Waals surface area contributed by atoms with Crippen LogP contribution in [-0.2, 0) is 11.2 Å². The second-order valence-corrected chi connectivity index (χ2v) is 5.14. The van der Waals surface area contributed by atoms with E-state index in [1.165, 1.54) is 12.6 Å². The molecule has 106 valence electrons. The van der Waals surface area contributed by atoms with Crippen molar-refractivity contribution in [2.45, 2.75) is 32.7 Å². The Morgan fingerprint density at radius 2 is 1.95 bits per heavy atom. The highest BCUT2D eigenvalue weighted by molar-refractivity contribution is 6.18. The first-order chi connectivity index (χ1) is 9.08. The average Bonchev–Trinajstić information content (AvgIpc) is 2.39. The van der Waals surface area contributed by atoms with Crippen LogP contribution in [0.5, 0.6) is 0 Å². The molecule has 0 fully saturated rings. The number of benzene rings is 1. The summed E-state index contributed by atoms with van der Waals surface area (Å²) in [6, 6.07) is 7.82. The Labute approximate surface area is 120 Å². The molecule has 0 unspecified atom stereocenters. The first-order valence-corrected chi connectivity index (χ1v) is 7.27. The van der Waals surface area contributed by atoms with Crippen LogP contribution in [0.2, 0.25) is 0 Å². The van der Waals surface area contributed by atoms with E-state index in [0.717, 1.165) is 25.1 Å². The van der Waals surface area contributed by atoms with Crippen molar-refractivity contribution in [2.24, 2.45) is 5.73 Å². The number of carbonyl (C=O) groups excluding carboxylic acids is 1. The fourth-order valence-electron chi connectivity index (χ4n) is 1.98. The predicted molar refractivity (Wildman–Crippen MR) is 82.0 cm³/mol. The van der Waals surface area contributed by atoms with Crippen LogP contribution >= 0.6 is 11.6 Å². The van der Waals surface area contributed by atoms with Crippen LogP contribution in [0.1, 0.15) is 25.8 Å². The molecular weight excluding hydrogens is 260 g/mol. The molecule has 0 aliphatic heterocycles. The quantitative estimate of drug-likeness (QED) is 0.746. The minimum Gasteiger partial charge on any atom is -0.370 e. The van der Waals surface area contributed by atoms with Crippen molar-refractivity contribution < 1.29 is 4.79 Å². The second-order valence-electron chi connectivity index (χ2n) is 4.76. The van der Waals surface area contributed by atoms with Gasteiger partial charge in [0, 0.05) is 24.7 Å². The van der Waals surface area contributed by atoms with E-state index >= 15 is 0 Å². The van der Waals surface area contributed by atoms with E-state index in [4.69, 9.17) is 17.3 Å². The second kappa shape index (κ2) is 8.18. The maximum absolute atomic E-state index is 11.1. The van der Waals surface area contributed by atoms with Crippen molar-refractivity contribution in [1.29, 1.82) is 0 Å². The molecule has 0 saturated heterocycles. The molecule has 3 nitrogen and oxygen atoms in total. The molecule has 1 aromatic carbocycles. The summed E-state index contributed by atoms with van der Waals surface area (Å²) in [6.45, 7) is 5.53. The van der Waals surface area contributed by atoms with Gasteiger partial charge in [-0.05, 0) is 37.5 Å². The third-order valence-electron chi connectivity index (χ3n) is 3.13. The highest BCUT2D eigenvalue weighted by Gasteiger charge is 2.10. The maximum Gasteiger partial charge on any atom is 0.146 e. The van der Waals surface area contributed by atoms with Crippen LogP contribution in [-0.4, -0.2) is 30.8 Å². The maximum atomic E-state index is 11.1. The van der Waals surface area contributed by atoms with Crippen LogP contribution in [0.25, 0.3) is 0 Å². The summed E-state index contributed by atoms with van der Waals surface area (Å²) in [5.41, 5.74) is 8.02. The number of ketones is 1. The van der Waals surface area contributed by atoms with E-state index in [-0.39, 0.29) is 5.78 Å². The number of anilines is 1. The van der Waals surface area contributed by atoms with Gasteiger partial charge in [0.2, 0.25) is 0 Å². The van der Waals surface area contributed by atoms with Crippen molar-refractivity contribution in [1.82, 2.24) is 0 Å². The molecule has 0 aromatic heterocycles. The predicted octanol–water partition coefficient (Wildman–Crippen LogP) is 2.60. The molecule has 19 heavy (non-hydrogen) atoms. The molecule has 0 radical (unpaired) electrons. The third-order valence-corrected chi connectivity index (χ3v) is 3.30. The Hall–Kier alpha value is -1.06. The van der Waals surface area contributed by atoms with Gasteiger partial charge in [0.25, 0.3) is 0 Å². The highest BCUT2D eigenvalue weighted by atomic mass is 35.5. The van der Waals surface area contributed by atoms with Gasteiger partial charge in [0.05, 0.1) is 6.04 Å². The number of carbonyl (C=O) groups is 1. The molecule has 0 heterocycles. The normalized spacial score (nSPS) is 12.2. The number of hydrogen-bond donors (Lipinski definition) is 1. The topological polar surface area (TPSA) is 46.3 Å². The number of nitrogens with zero attached hydrogens (tertiary/aromatic N) is 1. The molecule has 0 bridgehead atoms. The van der Waals surface area contributed by atoms with Crippen LogP contribution in [0.4, 0.5) is 5.69 Å². The molecule has 1 rings (SSSR count). The van der Waals surface area contributed by atoms with Crippen molar-refractivity contribution in [2.75, 3.05) is 23.9 Å². The summed E-state index contributed by atoms with van der Waals surface area (Å²) in [4.78, 5) is 13.4. The summed E-state index contributed by atoms with van der Waals surface area (Å²) in [7, 11) is 0. The van der Waals surface area contributed by atoms with Crippen molar-refractivity contribution >= 4 is 23.1 Å². The van der Waals surface area contributed by atoms with Gasteiger partial charge in [-0.25, -0.2) is 0 Å². The van der Waals surface area contributed by atoms with Crippen LogP contribution in [0, 0.1) is 0 Å². The van der Waals surface area contributed by atoms with E-state index in [1.807, 2.05) is 12.1 Å². The first kappa shape index (κ1) is 16.0. The lowest BCUT2D eigenvalue weighted by atomic mass is 10.0. The summed E-state index contributed by atoms with van der Waals surface area (Å²) >= 11 is 5.82. The Bertz CT molecular complexity index is 386. The molecule has 1 atom stereocenters. The van der Waals surface area contributed by atoms with E-state index in [1.54, 1.807) is 0 Å². The zero-order chi connectivity index (χ0) is 14.3. The average molecular weight is 283 g/mol. The van der Waals surface area contributed by atoms with Gasteiger partial charge in [-0.3, -0.25) is 4.79 Å². The van der Waals surface area contributed by atoms with Gasteiger partial charge < -0.3 is 10.6 Å². The minimum atomic E-state index is -0.402. The number of alkyl halides is 1. The summed E-state index contributed by atoms with van der Waals surface area (Å²) in [6.07, 6.45) is 1.69. The van der Waals surface area contributed by atoms with Gasteiger partial charge in [-0.1, -0.05) is 19.1 Å². The number of rotatable bonds is 8. The summed E-state index contributed by atoms with van der Waals surface area (Å²) in [5, 5.41) is 0. The Kier molecular flexibility index (Phi) is 6.89. The summed E-state index contributed by atoms with van der Waals surface area (Å²) in [5.74, 6) is 0.649. The van der Waals surface area contributed by atoms with E-state index < -0.39 is 6.04 Å². The molecule has 4 heteroatoms. The zero-order valence-electron chi connectivity index (χ0n) is 11.7. The van der Waals surface area contributed by atoms with Gasteiger partial charge >= 0.3 is 0 Å². The fourth-order valence-corrected chi connectivity index (χ4v) is 2.19. The molecule has 1 aromatic rings. The summed E-state index contributed by atoms with van der Waals surface area (Å²) < 4.78 is 0.